The molecule has 2 heterocycles. The first-order valence-corrected chi connectivity index (χ1v) is 16.9. The number of benzene rings is 1. The second-order valence-corrected chi connectivity index (χ2v) is 14.2. The van der Waals surface area contributed by atoms with Crippen molar-refractivity contribution in [3.05, 3.63) is 34.4 Å². The quantitative estimate of drug-likeness (QED) is 0.321. The highest BCUT2D eigenvalue weighted by molar-refractivity contribution is 5.43. The Hall–Kier alpha value is -0.940. The fourth-order valence-electron chi connectivity index (χ4n) is 7.93. The van der Waals surface area contributed by atoms with Crippen molar-refractivity contribution in [2.75, 3.05) is 13.2 Å². The lowest BCUT2D eigenvalue weighted by atomic mass is 9.73. The van der Waals surface area contributed by atoms with Gasteiger partial charge in [0.25, 0.3) is 0 Å². The van der Waals surface area contributed by atoms with Crippen molar-refractivity contribution in [1.29, 1.82) is 0 Å². The van der Waals surface area contributed by atoms with Gasteiger partial charge in [0.15, 0.2) is 12.6 Å². The highest BCUT2D eigenvalue weighted by Gasteiger charge is 2.31. The van der Waals surface area contributed by atoms with Crippen LogP contribution < -0.4 is 0 Å². The van der Waals surface area contributed by atoms with Crippen molar-refractivity contribution in [2.45, 2.75) is 155 Å². The maximum Gasteiger partial charge on any atom is 0.157 e. The van der Waals surface area contributed by atoms with E-state index in [1.807, 2.05) is 0 Å². The van der Waals surface area contributed by atoms with Crippen molar-refractivity contribution in [3.8, 4) is 0 Å². The number of ether oxygens (including phenoxy) is 4. The molecule has 4 fully saturated rings. The maximum absolute atomic E-state index is 6.09. The van der Waals surface area contributed by atoms with Gasteiger partial charge < -0.3 is 18.9 Å². The topological polar surface area (TPSA) is 36.9 Å². The zero-order chi connectivity index (χ0) is 28.2. The van der Waals surface area contributed by atoms with Crippen molar-refractivity contribution >= 4 is 0 Å². The summed E-state index contributed by atoms with van der Waals surface area (Å²) in [5, 5.41) is 0. The Kier molecular flexibility index (Phi) is 10.7. The van der Waals surface area contributed by atoms with Gasteiger partial charge in [-0.2, -0.15) is 0 Å². The summed E-state index contributed by atoms with van der Waals surface area (Å²) in [6, 6.07) is 5.03. The lowest BCUT2D eigenvalue weighted by Gasteiger charge is -2.35. The van der Waals surface area contributed by atoms with Gasteiger partial charge in [0.2, 0.25) is 0 Å². The van der Waals surface area contributed by atoms with Gasteiger partial charge in [-0.05, 0) is 151 Å². The summed E-state index contributed by atoms with van der Waals surface area (Å²) in [6.07, 6.45) is 16.0. The third-order valence-electron chi connectivity index (χ3n) is 11.5. The van der Waals surface area contributed by atoms with Crippen molar-refractivity contribution < 1.29 is 18.9 Å². The number of rotatable bonds is 8. The van der Waals surface area contributed by atoms with Crippen LogP contribution in [-0.2, 0) is 18.9 Å². The molecule has 6 unspecified atom stereocenters. The van der Waals surface area contributed by atoms with Crippen molar-refractivity contribution in [3.63, 3.8) is 0 Å². The molecule has 4 aliphatic rings. The summed E-state index contributed by atoms with van der Waals surface area (Å²) < 4.78 is 24.1. The summed E-state index contributed by atoms with van der Waals surface area (Å²) in [7, 11) is 0. The largest absolute Gasteiger partial charge is 0.352 e. The van der Waals surface area contributed by atoms with Gasteiger partial charge in [0.05, 0.1) is 25.4 Å². The van der Waals surface area contributed by atoms with Crippen LogP contribution in [0.5, 0.6) is 0 Å². The lowest BCUT2D eigenvalue weighted by molar-refractivity contribution is -0.232. The molecule has 2 saturated carbocycles. The van der Waals surface area contributed by atoms with Crippen LogP contribution in [0.1, 0.15) is 139 Å². The van der Waals surface area contributed by atoms with E-state index in [0.29, 0.717) is 24.0 Å². The van der Waals surface area contributed by atoms with Crippen LogP contribution in [0.4, 0.5) is 0 Å². The summed E-state index contributed by atoms with van der Waals surface area (Å²) in [5.74, 6) is 4.15. The third-order valence-corrected chi connectivity index (χ3v) is 11.5. The molecule has 40 heavy (non-hydrogen) atoms. The second kappa shape index (κ2) is 14.0. The molecule has 5 rings (SSSR count). The SMILES string of the molecule is Cc1c(C2CCC(CCC3OCC(C)C(C)O3)CC2)ccc(C2CCC(CCC3OCC(C)C(C)O3)CC2)c1C. The van der Waals surface area contributed by atoms with E-state index in [-0.39, 0.29) is 12.6 Å². The Labute approximate surface area is 245 Å². The minimum absolute atomic E-state index is 0.0177. The molecule has 6 atom stereocenters. The van der Waals surface area contributed by atoms with E-state index in [1.165, 1.54) is 64.2 Å². The van der Waals surface area contributed by atoms with Gasteiger partial charge in [0, 0.05) is 11.8 Å². The predicted molar refractivity (Wildman–Crippen MR) is 163 cm³/mol. The van der Waals surface area contributed by atoms with Crippen LogP contribution >= 0.6 is 0 Å². The minimum atomic E-state index is 0.0177. The second-order valence-electron chi connectivity index (χ2n) is 14.2. The molecule has 0 radical (unpaired) electrons. The van der Waals surface area contributed by atoms with E-state index in [2.05, 4.69) is 53.7 Å². The lowest BCUT2D eigenvalue weighted by Crippen LogP contribution is -2.37. The van der Waals surface area contributed by atoms with E-state index in [4.69, 9.17) is 18.9 Å². The van der Waals surface area contributed by atoms with Crippen LogP contribution in [0.25, 0.3) is 0 Å². The molecule has 2 aliphatic heterocycles. The van der Waals surface area contributed by atoms with E-state index < -0.39 is 0 Å². The van der Waals surface area contributed by atoms with Gasteiger partial charge in [-0.3, -0.25) is 0 Å². The monoisotopic (exact) mass is 554 g/mol. The summed E-state index contributed by atoms with van der Waals surface area (Å²) in [4.78, 5) is 0. The molecule has 0 bridgehead atoms. The van der Waals surface area contributed by atoms with Crippen LogP contribution in [0, 0.1) is 37.5 Å². The highest BCUT2D eigenvalue weighted by atomic mass is 16.7. The van der Waals surface area contributed by atoms with Gasteiger partial charge in [-0.1, -0.05) is 26.0 Å². The molecule has 4 nitrogen and oxygen atoms in total. The van der Waals surface area contributed by atoms with Crippen molar-refractivity contribution in [1.82, 2.24) is 0 Å². The van der Waals surface area contributed by atoms with Gasteiger partial charge in [0.1, 0.15) is 0 Å². The molecule has 0 aromatic heterocycles. The summed E-state index contributed by atoms with van der Waals surface area (Å²) in [6.45, 7) is 15.3. The van der Waals surface area contributed by atoms with Crippen LogP contribution in [0.2, 0.25) is 0 Å². The Morgan fingerprint density at radius 3 is 1.27 bits per heavy atom. The smallest absolute Gasteiger partial charge is 0.157 e. The minimum Gasteiger partial charge on any atom is -0.352 e. The molecule has 226 valence electrons. The van der Waals surface area contributed by atoms with Gasteiger partial charge in [-0.15, -0.1) is 0 Å². The van der Waals surface area contributed by atoms with Gasteiger partial charge in [-0.25, -0.2) is 0 Å². The fourth-order valence-corrected chi connectivity index (χ4v) is 7.93. The number of hydrogen-bond donors (Lipinski definition) is 0. The standard InChI is InChI=1S/C36H58O4/c1-23-21-37-35(39-27(23)5)19-11-29-7-13-31(14-8-29)33-17-18-34(26(4)25(33)3)32-15-9-30(10-16-32)12-20-36-38-22-24(2)28(6)40-36/h17-18,23-24,27-32,35-36H,7-16,19-22H2,1-6H3. The summed E-state index contributed by atoms with van der Waals surface area (Å²) >= 11 is 0. The molecular formula is C36H58O4. The zero-order valence-corrected chi connectivity index (χ0v) is 26.5. The predicted octanol–water partition coefficient (Wildman–Crippen LogP) is 9.21. The number of hydrogen-bond acceptors (Lipinski definition) is 4. The first kappa shape index (κ1) is 30.5. The first-order chi connectivity index (χ1) is 19.3. The average Bonchev–Trinajstić information content (AvgIpc) is 2.96. The molecule has 0 spiro atoms. The van der Waals surface area contributed by atoms with E-state index in [9.17, 15) is 0 Å². The molecule has 0 amide bonds. The van der Waals surface area contributed by atoms with E-state index in [1.54, 1.807) is 22.3 Å². The Morgan fingerprint density at radius 1 is 0.550 bits per heavy atom. The molecule has 1 aromatic carbocycles. The van der Waals surface area contributed by atoms with E-state index >= 15 is 0 Å². The first-order valence-electron chi connectivity index (χ1n) is 16.9. The van der Waals surface area contributed by atoms with Crippen LogP contribution in [0.15, 0.2) is 12.1 Å². The fraction of sp³-hybridized carbons (Fsp3) is 0.833. The molecule has 2 aliphatic carbocycles. The Bertz CT molecular complexity index is 854. The Morgan fingerprint density at radius 2 is 0.925 bits per heavy atom. The van der Waals surface area contributed by atoms with Crippen molar-refractivity contribution in [2.24, 2.45) is 23.7 Å². The van der Waals surface area contributed by atoms with Gasteiger partial charge >= 0.3 is 0 Å². The van der Waals surface area contributed by atoms with Crippen LogP contribution in [-0.4, -0.2) is 38.0 Å². The maximum atomic E-state index is 6.09. The Balaban J connectivity index is 1.06. The highest BCUT2D eigenvalue weighted by Crippen LogP contribution is 2.43. The molecule has 4 heteroatoms. The molecule has 2 saturated heterocycles. The molecule has 0 N–H and O–H groups in total. The zero-order valence-electron chi connectivity index (χ0n) is 26.5. The molecular weight excluding hydrogens is 496 g/mol. The third kappa shape index (κ3) is 7.52. The van der Waals surface area contributed by atoms with Crippen LogP contribution in [0.3, 0.4) is 0 Å². The normalized spacial score (nSPS) is 39.2. The molecule has 1 aromatic rings. The summed E-state index contributed by atoms with van der Waals surface area (Å²) in [5.41, 5.74) is 6.41. The average molecular weight is 555 g/mol. The van der Waals surface area contributed by atoms with E-state index in [0.717, 1.165) is 49.7 Å².